The molecule has 0 bridgehead atoms. The van der Waals surface area contributed by atoms with Crippen LogP contribution in [0.25, 0.3) is 0 Å². The molecule has 0 saturated carbocycles. The summed E-state index contributed by atoms with van der Waals surface area (Å²) in [6.45, 7) is 4.04. The zero-order valence-corrected chi connectivity index (χ0v) is 12.3. The van der Waals surface area contributed by atoms with Crippen LogP contribution in [0.2, 0.25) is 0 Å². The van der Waals surface area contributed by atoms with Gasteiger partial charge >= 0.3 is 0 Å². The van der Waals surface area contributed by atoms with E-state index in [-0.39, 0.29) is 5.75 Å². The van der Waals surface area contributed by atoms with Crippen molar-refractivity contribution in [2.24, 2.45) is 0 Å². The summed E-state index contributed by atoms with van der Waals surface area (Å²) < 4.78 is 28.3. The predicted octanol–water partition coefficient (Wildman–Crippen LogP) is 1.83. The van der Waals surface area contributed by atoms with Gasteiger partial charge in [-0.25, -0.2) is 8.42 Å². The third-order valence-corrected chi connectivity index (χ3v) is 4.58. The van der Waals surface area contributed by atoms with Crippen molar-refractivity contribution in [3.8, 4) is 0 Å². The molecule has 0 amide bonds. The predicted molar refractivity (Wildman–Crippen MR) is 75.4 cm³/mol. The Hall–Kier alpha value is -1.89. The summed E-state index contributed by atoms with van der Waals surface area (Å²) in [6, 6.07) is 6.72. The molecule has 0 unspecified atom stereocenters. The van der Waals surface area contributed by atoms with E-state index in [1.54, 1.807) is 38.1 Å². The van der Waals surface area contributed by atoms with E-state index in [0.29, 0.717) is 29.6 Å². The second-order valence-corrected chi connectivity index (χ2v) is 6.62. The standard InChI is InChI=1S/C13H17N3O3S/c1-3-20(17,18)12-6-4-11(5-7-12)14-9-8-13-15-10(2)16-19-13/h4-7,14H,3,8-9H2,1-2H3. The van der Waals surface area contributed by atoms with Crippen molar-refractivity contribution in [3.63, 3.8) is 0 Å². The third kappa shape index (κ3) is 3.57. The van der Waals surface area contributed by atoms with Crippen molar-refractivity contribution >= 4 is 15.5 Å². The van der Waals surface area contributed by atoms with Gasteiger partial charge in [0.15, 0.2) is 15.7 Å². The first-order valence-corrected chi connectivity index (χ1v) is 8.02. The Labute approximate surface area is 118 Å². The van der Waals surface area contributed by atoms with Gasteiger partial charge in [-0.05, 0) is 31.2 Å². The van der Waals surface area contributed by atoms with Crippen LogP contribution < -0.4 is 5.32 Å². The summed E-state index contributed by atoms with van der Waals surface area (Å²) >= 11 is 0. The molecule has 0 aliphatic rings. The van der Waals surface area contributed by atoms with Gasteiger partial charge in [-0.1, -0.05) is 12.1 Å². The van der Waals surface area contributed by atoms with Crippen LogP contribution >= 0.6 is 0 Å². The number of sulfone groups is 1. The van der Waals surface area contributed by atoms with E-state index in [1.807, 2.05) is 0 Å². The highest BCUT2D eigenvalue weighted by atomic mass is 32.2. The maximum atomic E-state index is 11.7. The quantitative estimate of drug-likeness (QED) is 0.875. The summed E-state index contributed by atoms with van der Waals surface area (Å²) in [5.41, 5.74) is 0.858. The van der Waals surface area contributed by atoms with Gasteiger partial charge in [-0.2, -0.15) is 4.98 Å². The molecule has 0 fully saturated rings. The van der Waals surface area contributed by atoms with Crippen molar-refractivity contribution in [1.82, 2.24) is 10.1 Å². The lowest BCUT2D eigenvalue weighted by atomic mass is 10.3. The number of nitrogens with one attached hydrogen (secondary N) is 1. The fourth-order valence-corrected chi connectivity index (χ4v) is 2.59. The zero-order valence-electron chi connectivity index (χ0n) is 11.5. The summed E-state index contributed by atoms with van der Waals surface area (Å²) in [6.07, 6.45) is 0.621. The number of aryl methyl sites for hydroxylation is 1. The average molecular weight is 295 g/mol. The van der Waals surface area contributed by atoms with E-state index >= 15 is 0 Å². The largest absolute Gasteiger partial charge is 0.385 e. The van der Waals surface area contributed by atoms with E-state index in [0.717, 1.165) is 5.69 Å². The van der Waals surface area contributed by atoms with Crippen molar-refractivity contribution in [2.75, 3.05) is 17.6 Å². The molecule has 0 saturated heterocycles. The maximum Gasteiger partial charge on any atom is 0.228 e. The number of aromatic nitrogens is 2. The number of hydrogen-bond acceptors (Lipinski definition) is 6. The lowest BCUT2D eigenvalue weighted by Gasteiger charge is -2.06. The molecule has 20 heavy (non-hydrogen) atoms. The lowest BCUT2D eigenvalue weighted by molar-refractivity contribution is 0.377. The molecule has 2 aromatic rings. The van der Waals surface area contributed by atoms with E-state index in [2.05, 4.69) is 15.5 Å². The normalized spacial score (nSPS) is 11.5. The number of nitrogens with zero attached hydrogens (tertiary/aromatic N) is 2. The van der Waals surface area contributed by atoms with Gasteiger partial charge in [-0.15, -0.1) is 0 Å². The number of anilines is 1. The third-order valence-electron chi connectivity index (χ3n) is 2.83. The van der Waals surface area contributed by atoms with Crippen LogP contribution in [0, 0.1) is 6.92 Å². The molecule has 1 aromatic heterocycles. The first kappa shape index (κ1) is 14.5. The molecule has 1 aromatic carbocycles. The van der Waals surface area contributed by atoms with E-state index in [1.165, 1.54) is 0 Å². The molecule has 0 aliphatic carbocycles. The SMILES string of the molecule is CCS(=O)(=O)c1ccc(NCCc2nc(C)no2)cc1. The summed E-state index contributed by atoms with van der Waals surface area (Å²) in [4.78, 5) is 4.45. The molecular weight excluding hydrogens is 278 g/mol. The van der Waals surface area contributed by atoms with Gasteiger partial charge in [0.25, 0.3) is 0 Å². The Morgan fingerprint density at radius 2 is 1.95 bits per heavy atom. The molecule has 0 radical (unpaired) electrons. The minimum absolute atomic E-state index is 0.107. The second-order valence-electron chi connectivity index (χ2n) is 4.34. The molecular formula is C13H17N3O3S. The van der Waals surface area contributed by atoms with Crippen molar-refractivity contribution < 1.29 is 12.9 Å². The Morgan fingerprint density at radius 1 is 1.25 bits per heavy atom. The molecule has 1 heterocycles. The van der Waals surface area contributed by atoms with Crippen molar-refractivity contribution in [1.29, 1.82) is 0 Å². The van der Waals surface area contributed by atoms with E-state index < -0.39 is 9.84 Å². The highest BCUT2D eigenvalue weighted by Gasteiger charge is 2.10. The minimum Gasteiger partial charge on any atom is -0.385 e. The van der Waals surface area contributed by atoms with Gasteiger partial charge in [0, 0.05) is 18.7 Å². The van der Waals surface area contributed by atoms with Crippen LogP contribution in [-0.2, 0) is 16.3 Å². The smallest absolute Gasteiger partial charge is 0.228 e. The fraction of sp³-hybridized carbons (Fsp3) is 0.385. The van der Waals surface area contributed by atoms with Crippen molar-refractivity contribution in [3.05, 3.63) is 36.0 Å². The van der Waals surface area contributed by atoms with Gasteiger partial charge < -0.3 is 9.84 Å². The highest BCUT2D eigenvalue weighted by Crippen LogP contribution is 2.15. The Kier molecular flexibility index (Phi) is 4.39. The first-order chi connectivity index (χ1) is 9.51. The maximum absolute atomic E-state index is 11.7. The summed E-state index contributed by atoms with van der Waals surface area (Å²) in [5, 5.41) is 6.89. The lowest BCUT2D eigenvalue weighted by Crippen LogP contribution is -2.06. The van der Waals surface area contributed by atoms with Gasteiger partial charge in [0.05, 0.1) is 10.6 Å². The minimum atomic E-state index is -3.14. The first-order valence-electron chi connectivity index (χ1n) is 6.37. The topological polar surface area (TPSA) is 85.1 Å². The van der Waals surface area contributed by atoms with Crippen LogP contribution in [-0.4, -0.2) is 30.9 Å². The van der Waals surface area contributed by atoms with Gasteiger partial charge in [-0.3, -0.25) is 0 Å². The molecule has 0 aliphatic heterocycles. The number of benzene rings is 1. The Balaban J connectivity index is 1.91. The monoisotopic (exact) mass is 295 g/mol. The highest BCUT2D eigenvalue weighted by molar-refractivity contribution is 7.91. The van der Waals surface area contributed by atoms with Crippen LogP contribution in [0.3, 0.4) is 0 Å². The molecule has 2 rings (SSSR count). The summed E-state index contributed by atoms with van der Waals surface area (Å²) in [7, 11) is -3.14. The molecule has 6 nitrogen and oxygen atoms in total. The molecule has 1 N–H and O–H groups in total. The Bertz CT molecular complexity index is 662. The fourth-order valence-electron chi connectivity index (χ4n) is 1.70. The second kappa shape index (κ2) is 6.04. The van der Waals surface area contributed by atoms with Crippen LogP contribution in [0.5, 0.6) is 0 Å². The van der Waals surface area contributed by atoms with E-state index in [9.17, 15) is 8.42 Å². The van der Waals surface area contributed by atoms with Gasteiger partial charge in [0.2, 0.25) is 5.89 Å². The van der Waals surface area contributed by atoms with E-state index in [4.69, 9.17) is 4.52 Å². The molecule has 7 heteroatoms. The van der Waals surface area contributed by atoms with Crippen LogP contribution in [0.1, 0.15) is 18.6 Å². The molecule has 108 valence electrons. The van der Waals surface area contributed by atoms with Crippen molar-refractivity contribution in [2.45, 2.75) is 25.2 Å². The average Bonchev–Trinajstić information content (AvgIpc) is 2.85. The Morgan fingerprint density at radius 3 is 2.50 bits per heavy atom. The van der Waals surface area contributed by atoms with Gasteiger partial charge in [0.1, 0.15) is 0 Å². The molecule has 0 spiro atoms. The summed E-state index contributed by atoms with van der Waals surface area (Å²) in [5.74, 6) is 1.31. The number of hydrogen-bond donors (Lipinski definition) is 1. The number of rotatable bonds is 6. The molecule has 0 atom stereocenters. The zero-order chi connectivity index (χ0) is 14.6. The van der Waals surface area contributed by atoms with Crippen LogP contribution in [0.15, 0.2) is 33.7 Å². The van der Waals surface area contributed by atoms with Crippen LogP contribution in [0.4, 0.5) is 5.69 Å².